The first kappa shape index (κ1) is 45.1. The molecule has 3 atom stereocenters. The molecule has 1 aliphatic rings. The van der Waals surface area contributed by atoms with Crippen molar-refractivity contribution in [2.45, 2.75) is 75.8 Å². The number of benzene rings is 4. The molecule has 0 spiro atoms. The highest BCUT2D eigenvalue weighted by molar-refractivity contribution is 7.52. The first-order valence-electron chi connectivity index (χ1n) is 19.2. The van der Waals surface area contributed by atoms with Crippen LogP contribution in [0.4, 0.5) is 13.6 Å². The number of carbonyl (C=O) groups excluding carboxylic acids is 5. The number of halogens is 2. The largest absolute Gasteiger partial charge is 0.461 e. The quantitative estimate of drug-likeness (QED) is 0.0522. The van der Waals surface area contributed by atoms with Crippen molar-refractivity contribution in [3.63, 3.8) is 0 Å². The molecule has 0 saturated carbocycles. The fraction of sp³-hybridized carbons (Fsp3) is 0.326. The van der Waals surface area contributed by atoms with Crippen LogP contribution in [-0.2, 0) is 51.9 Å². The number of amides is 4. The predicted octanol–water partition coefficient (Wildman–Crippen LogP) is 5.39. The smallest absolute Gasteiger partial charge is 0.407 e. The van der Waals surface area contributed by atoms with Crippen LogP contribution in [0.1, 0.15) is 66.8 Å². The van der Waals surface area contributed by atoms with Gasteiger partial charge in [0.25, 0.3) is 0 Å². The summed E-state index contributed by atoms with van der Waals surface area (Å²) in [6.45, 7) is 3.44. The Bertz CT molecular complexity index is 2170. The van der Waals surface area contributed by atoms with E-state index < -0.39 is 66.7 Å². The maximum absolute atomic E-state index is 14.4. The molecule has 7 N–H and O–H groups in total. The van der Waals surface area contributed by atoms with E-state index in [0.717, 1.165) is 52.1 Å². The van der Waals surface area contributed by atoms with Crippen LogP contribution in [-0.4, -0.2) is 64.3 Å². The molecule has 0 aromatic heterocycles. The van der Waals surface area contributed by atoms with Gasteiger partial charge in [-0.1, -0.05) is 117 Å². The van der Waals surface area contributed by atoms with E-state index in [0.29, 0.717) is 0 Å². The van der Waals surface area contributed by atoms with Crippen LogP contribution in [0.15, 0.2) is 103 Å². The summed E-state index contributed by atoms with van der Waals surface area (Å²) in [7, 11) is -5.88. The van der Waals surface area contributed by atoms with E-state index in [1.54, 1.807) is 44.2 Å². The van der Waals surface area contributed by atoms with Crippen molar-refractivity contribution in [1.82, 2.24) is 16.0 Å². The Morgan fingerprint density at radius 3 is 1.85 bits per heavy atom. The molecule has 17 heteroatoms. The third kappa shape index (κ3) is 11.6. The molecule has 0 saturated heterocycles. The minimum Gasteiger partial charge on any atom is -0.461 e. The van der Waals surface area contributed by atoms with Gasteiger partial charge in [0.05, 0.1) is 0 Å². The van der Waals surface area contributed by atoms with E-state index in [-0.39, 0.29) is 56.3 Å². The molecule has 0 heterocycles. The molecule has 0 aliphatic heterocycles. The molecule has 60 heavy (non-hydrogen) atoms. The fourth-order valence-electron chi connectivity index (χ4n) is 6.84. The van der Waals surface area contributed by atoms with Crippen molar-refractivity contribution >= 4 is 37.4 Å². The number of esters is 1. The lowest BCUT2D eigenvalue weighted by Gasteiger charge is -2.25. The summed E-state index contributed by atoms with van der Waals surface area (Å²) in [6.07, 6.45) is -1.88. The predicted molar refractivity (Wildman–Crippen MR) is 216 cm³/mol. The molecule has 0 bridgehead atoms. The number of hydrogen-bond donors (Lipinski definition) is 6. The summed E-state index contributed by atoms with van der Waals surface area (Å²) < 4.78 is 51.3. The van der Waals surface area contributed by atoms with E-state index in [2.05, 4.69) is 16.0 Å². The second-order valence-corrected chi connectivity index (χ2v) is 16.5. The minimum absolute atomic E-state index is 0.0467. The molecule has 4 aromatic carbocycles. The molecule has 1 aliphatic carbocycles. The number of rotatable bonds is 19. The van der Waals surface area contributed by atoms with Gasteiger partial charge in [0, 0.05) is 24.3 Å². The molecule has 0 radical (unpaired) electrons. The number of carbonyl (C=O) groups is 5. The van der Waals surface area contributed by atoms with Gasteiger partial charge < -0.3 is 40.9 Å². The van der Waals surface area contributed by atoms with Crippen LogP contribution < -0.4 is 21.7 Å². The van der Waals surface area contributed by atoms with Crippen molar-refractivity contribution in [3.8, 4) is 11.1 Å². The van der Waals surface area contributed by atoms with Gasteiger partial charge in [0.15, 0.2) is 0 Å². The highest BCUT2D eigenvalue weighted by atomic mass is 31.2. The molecule has 318 valence electrons. The van der Waals surface area contributed by atoms with Crippen molar-refractivity contribution in [1.29, 1.82) is 0 Å². The maximum Gasteiger partial charge on any atom is 0.407 e. The number of ether oxygens (including phenoxy) is 2. The zero-order valence-electron chi connectivity index (χ0n) is 32.9. The third-order valence-electron chi connectivity index (χ3n) is 9.94. The topological polar surface area (TPSA) is 223 Å². The lowest BCUT2D eigenvalue weighted by molar-refractivity contribution is -0.145. The third-order valence-corrected chi connectivity index (χ3v) is 10.9. The van der Waals surface area contributed by atoms with Crippen molar-refractivity contribution in [3.05, 3.63) is 131 Å². The SMILES string of the molecule is CC(C)C[C@H](NC(=O)[C@H](Cc1ccc(C(F)(F)P(=O)(O)O)cc1)NC(=O)[C@H](CCC(=O)OCc1ccccc1)NC(=O)OCC1c2ccccc2-c2ccccc21)C(N)=O. The van der Waals surface area contributed by atoms with E-state index >= 15 is 0 Å². The lowest BCUT2D eigenvalue weighted by atomic mass is 9.98. The minimum atomic E-state index is -5.88. The average Bonchev–Trinajstić information content (AvgIpc) is 3.53. The van der Waals surface area contributed by atoms with Crippen molar-refractivity contribution in [2.75, 3.05) is 6.61 Å². The standard InChI is InChI=1S/C43H47F2N4O10P/c1-26(2)22-36(39(46)51)47-41(53)37(23-27-16-18-29(19-17-27)43(44,45)60(55,56)57)48-40(52)35(20-21-38(50)58-24-28-10-4-3-5-11-28)49-42(54)59-25-34-32-14-8-6-12-30(32)31-13-7-9-15-33(31)34/h3-19,26,34-37H,20-25H2,1-2H3,(H2,46,51)(H,47,53)(H,48,52)(H,49,54)(H2,55,56,57)/t35-,36-,37-/m0/s1. The summed E-state index contributed by atoms with van der Waals surface area (Å²) >= 11 is 0. The zero-order valence-corrected chi connectivity index (χ0v) is 33.8. The number of fused-ring (bicyclic) bond motifs is 3. The molecule has 0 fully saturated rings. The van der Waals surface area contributed by atoms with Crippen LogP contribution in [0, 0.1) is 5.92 Å². The normalized spacial score (nSPS) is 13.9. The van der Waals surface area contributed by atoms with Gasteiger partial charge in [-0.25, -0.2) is 4.79 Å². The summed E-state index contributed by atoms with van der Waals surface area (Å²) in [5, 5.41) is 7.57. The number of hydrogen-bond acceptors (Lipinski definition) is 8. The summed E-state index contributed by atoms with van der Waals surface area (Å²) in [4.78, 5) is 84.8. The van der Waals surface area contributed by atoms with E-state index in [9.17, 15) is 47.1 Å². The van der Waals surface area contributed by atoms with Crippen molar-refractivity contribution in [2.24, 2.45) is 11.7 Å². The number of nitrogens with one attached hydrogen (secondary N) is 3. The monoisotopic (exact) mass is 848 g/mol. The van der Waals surface area contributed by atoms with E-state index in [1.165, 1.54) is 0 Å². The summed E-state index contributed by atoms with van der Waals surface area (Å²) in [6, 6.07) is 23.8. The molecule has 4 amide bonds. The van der Waals surface area contributed by atoms with Gasteiger partial charge in [-0.3, -0.25) is 23.7 Å². The second kappa shape index (κ2) is 19.9. The van der Waals surface area contributed by atoms with Gasteiger partial charge in [-0.2, -0.15) is 8.78 Å². The highest BCUT2D eigenvalue weighted by Gasteiger charge is 2.50. The molecule has 14 nitrogen and oxygen atoms in total. The van der Waals surface area contributed by atoms with Crippen molar-refractivity contribution < 1.29 is 56.6 Å². The average molecular weight is 849 g/mol. The Balaban J connectivity index is 1.36. The Labute approximate surface area is 345 Å². The first-order chi connectivity index (χ1) is 28.4. The van der Waals surface area contributed by atoms with E-state index in [1.807, 2.05) is 48.5 Å². The molecular weight excluding hydrogens is 801 g/mol. The maximum atomic E-state index is 14.4. The number of nitrogens with two attached hydrogens (primary N) is 1. The first-order valence-corrected chi connectivity index (χ1v) is 20.8. The van der Waals surface area contributed by atoms with Gasteiger partial charge in [-0.15, -0.1) is 0 Å². The fourth-order valence-corrected chi connectivity index (χ4v) is 7.33. The van der Waals surface area contributed by atoms with Crippen LogP contribution >= 0.6 is 7.60 Å². The summed E-state index contributed by atoms with van der Waals surface area (Å²) in [5.41, 5.74) is 4.85. The zero-order chi connectivity index (χ0) is 43.6. The number of alkyl carbamates (subject to hydrolysis) is 1. The number of alkyl halides is 2. The van der Waals surface area contributed by atoms with Crippen LogP contribution in [0.5, 0.6) is 0 Å². The molecule has 0 unspecified atom stereocenters. The number of primary amides is 1. The van der Waals surface area contributed by atoms with Crippen LogP contribution in [0.2, 0.25) is 0 Å². The van der Waals surface area contributed by atoms with Crippen LogP contribution in [0.3, 0.4) is 0 Å². The highest BCUT2D eigenvalue weighted by Crippen LogP contribution is 2.59. The Morgan fingerprint density at radius 2 is 1.28 bits per heavy atom. The van der Waals surface area contributed by atoms with Gasteiger partial charge >= 0.3 is 25.3 Å². The second-order valence-electron chi connectivity index (χ2n) is 14.8. The van der Waals surface area contributed by atoms with Gasteiger partial charge in [-0.05, 0) is 52.1 Å². The summed E-state index contributed by atoms with van der Waals surface area (Å²) in [5.74, 6) is -3.77. The molecule has 5 rings (SSSR count). The van der Waals surface area contributed by atoms with E-state index in [4.69, 9.17) is 15.2 Å². The van der Waals surface area contributed by atoms with Gasteiger partial charge in [0.2, 0.25) is 17.7 Å². The Kier molecular flexibility index (Phi) is 14.9. The van der Waals surface area contributed by atoms with Gasteiger partial charge in [0.1, 0.15) is 31.3 Å². The Hall–Kier alpha value is -5.96. The van der Waals surface area contributed by atoms with Crippen LogP contribution in [0.25, 0.3) is 11.1 Å². The molecular formula is C43H47F2N4O10P. The molecule has 4 aromatic rings. The Morgan fingerprint density at radius 1 is 0.733 bits per heavy atom. The lowest BCUT2D eigenvalue weighted by Crippen LogP contribution is -2.57.